The van der Waals surface area contributed by atoms with Gasteiger partial charge in [0.1, 0.15) is 5.82 Å². The SMILES string of the molecule is O=c1[nH]ccc2cc(Cl)cc(F)c12. The highest BCUT2D eigenvalue weighted by atomic mass is 35.5. The van der Waals surface area contributed by atoms with Crippen LogP contribution in [0, 0.1) is 5.82 Å². The molecule has 0 aliphatic carbocycles. The van der Waals surface area contributed by atoms with Crippen LogP contribution in [0.15, 0.2) is 29.2 Å². The van der Waals surface area contributed by atoms with E-state index in [1.54, 1.807) is 12.1 Å². The van der Waals surface area contributed by atoms with E-state index < -0.39 is 11.4 Å². The number of halogens is 2. The molecule has 2 rings (SSSR count). The average Bonchev–Trinajstić information content (AvgIpc) is 2.02. The Morgan fingerprint density at radius 1 is 1.38 bits per heavy atom. The molecule has 0 spiro atoms. The topological polar surface area (TPSA) is 32.9 Å². The molecule has 0 saturated heterocycles. The Morgan fingerprint density at radius 2 is 2.15 bits per heavy atom. The maximum absolute atomic E-state index is 13.2. The summed E-state index contributed by atoms with van der Waals surface area (Å²) < 4.78 is 13.2. The molecule has 4 heteroatoms. The van der Waals surface area contributed by atoms with Crippen molar-refractivity contribution >= 4 is 22.4 Å². The molecule has 2 aromatic rings. The summed E-state index contributed by atoms with van der Waals surface area (Å²) in [6, 6.07) is 4.28. The highest BCUT2D eigenvalue weighted by molar-refractivity contribution is 6.31. The van der Waals surface area contributed by atoms with Crippen molar-refractivity contribution in [2.24, 2.45) is 0 Å². The van der Waals surface area contributed by atoms with Gasteiger partial charge in [0.2, 0.25) is 0 Å². The highest BCUT2D eigenvalue weighted by Gasteiger charge is 2.05. The van der Waals surface area contributed by atoms with E-state index in [9.17, 15) is 9.18 Å². The molecule has 0 fully saturated rings. The fourth-order valence-corrected chi connectivity index (χ4v) is 1.46. The van der Waals surface area contributed by atoms with Gasteiger partial charge in [0.25, 0.3) is 5.56 Å². The first-order chi connectivity index (χ1) is 6.18. The lowest BCUT2D eigenvalue weighted by Gasteiger charge is -1.98. The summed E-state index contributed by atoms with van der Waals surface area (Å²) in [5.74, 6) is -0.593. The summed E-state index contributed by atoms with van der Waals surface area (Å²) in [7, 11) is 0. The number of pyridine rings is 1. The van der Waals surface area contributed by atoms with Gasteiger partial charge in [-0.25, -0.2) is 4.39 Å². The van der Waals surface area contributed by atoms with Crippen molar-refractivity contribution in [3.63, 3.8) is 0 Å². The lowest BCUT2D eigenvalue weighted by atomic mass is 10.2. The number of aromatic amines is 1. The molecular weight excluding hydrogens is 193 g/mol. The first-order valence-corrected chi connectivity index (χ1v) is 4.03. The van der Waals surface area contributed by atoms with Crippen molar-refractivity contribution in [2.75, 3.05) is 0 Å². The molecule has 0 radical (unpaired) electrons. The minimum Gasteiger partial charge on any atom is -0.328 e. The Bertz CT molecular complexity index is 520. The summed E-state index contributed by atoms with van der Waals surface area (Å²) in [6.45, 7) is 0. The average molecular weight is 198 g/mol. The van der Waals surface area contributed by atoms with Crippen molar-refractivity contribution in [3.05, 3.63) is 45.6 Å². The van der Waals surface area contributed by atoms with Gasteiger partial charge in [0.15, 0.2) is 0 Å². The number of benzene rings is 1. The molecule has 1 aromatic heterocycles. The van der Waals surface area contributed by atoms with Crippen LogP contribution in [-0.2, 0) is 0 Å². The predicted molar refractivity (Wildman–Crippen MR) is 49.5 cm³/mol. The second-order valence-corrected chi connectivity index (χ2v) is 3.10. The number of nitrogens with one attached hydrogen (secondary N) is 1. The van der Waals surface area contributed by atoms with Crippen LogP contribution in [0.25, 0.3) is 10.8 Å². The third-order valence-electron chi connectivity index (χ3n) is 1.79. The number of fused-ring (bicyclic) bond motifs is 1. The maximum Gasteiger partial charge on any atom is 0.258 e. The summed E-state index contributed by atoms with van der Waals surface area (Å²) in [5.41, 5.74) is -0.438. The van der Waals surface area contributed by atoms with Crippen molar-refractivity contribution in [1.82, 2.24) is 4.98 Å². The van der Waals surface area contributed by atoms with E-state index in [-0.39, 0.29) is 10.4 Å². The van der Waals surface area contributed by atoms with Gasteiger partial charge < -0.3 is 4.98 Å². The van der Waals surface area contributed by atoms with Crippen molar-refractivity contribution < 1.29 is 4.39 Å². The minimum atomic E-state index is -0.593. The Balaban J connectivity index is 3.03. The molecule has 0 unspecified atom stereocenters. The van der Waals surface area contributed by atoms with Crippen molar-refractivity contribution in [1.29, 1.82) is 0 Å². The van der Waals surface area contributed by atoms with Gasteiger partial charge in [-0.2, -0.15) is 0 Å². The summed E-state index contributed by atoms with van der Waals surface area (Å²) >= 11 is 5.62. The van der Waals surface area contributed by atoms with Crippen LogP contribution in [0.3, 0.4) is 0 Å². The van der Waals surface area contributed by atoms with Crippen LogP contribution in [0.2, 0.25) is 5.02 Å². The molecule has 66 valence electrons. The zero-order chi connectivity index (χ0) is 9.42. The summed E-state index contributed by atoms with van der Waals surface area (Å²) in [6.07, 6.45) is 1.46. The van der Waals surface area contributed by atoms with Gasteiger partial charge in [-0.05, 0) is 23.6 Å². The van der Waals surface area contributed by atoms with E-state index in [0.29, 0.717) is 5.39 Å². The van der Waals surface area contributed by atoms with E-state index in [1.807, 2.05) is 0 Å². The quantitative estimate of drug-likeness (QED) is 0.691. The lowest BCUT2D eigenvalue weighted by molar-refractivity contribution is 0.638. The van der Waals surface area contributed by atoms with Crippen LogP contribution in [0.1, 0.15) is 0 Å². The van der Waals surface area contributed by atoms with Crippen LogP contribution in [-0.4, -0.2) is 4.98 Å². The maximum atomic E-state index is 13.2. The predicted octanol–water partition coefficient (Wildman–Crippen LogP) is 2.32. The third-order valence-corrected chi connectivity index (χ3v) is 2.01. The fraction of sp³-hybridized carbons (Fsp3) is 0. The molecule has 0 aliphatic rings. The number of hydrogen-bond acceptors (Lipinski definition) is 1. The molecule has 1 heterocycles. The molecule has 1 N–H and O–H groups in total. The van der Waals surface area contributed by atoms with Gasteiger partial charge in [-0.1, -0.05) is 11.6 Å². The molecule has 0 amide bonds. The number of aromatic nitrogens is 1. The molecule has 0 bridgehead atoms. The van der Waals surface area contributed by atoms with E-state index in [1.165, 1.54) is 6.20 Å². The Hall–Kier alpha value is -1.35. The largest absolute Gasteiger partial charge is 0.328 e. The first-order valence-electron chi connectivity index (χ1n) is 3.65. The second-order valence-electron chi connectivity index (χ2n) is 2.66. The number of hydrogen-bond donors (Lipinski definition) is 1. The minimum absolute atomic E-state index is 0.0481. The van der Waals surface area contributed by atoms with Crippen LogP contribution in [0.4, 0.5) is 4.39 Å². The van der Waals surface area contributed by atoms with Crippen molar-refractivity contribution in [3.8, 4) is 0 Å². The normalized spacial score (nSPS) is 10.6. The van der Waals surface area contributed by atoms with Crippen LogP contribution >= 0.6 is 11.6 Å². The van der Waals surface area contributed by atoms with Gasteiger partial charge >= 0.3 is 0 Å². The first kappa shape index (κ1) is 8.26. The van der Waals surface area contributed by atoms with E-state index >= 15 is 0 Å². The van der Waals surface area contributed by atoms with E-state index in [2.05, 4.69) is 4.98 Å². The standard InChI is InChI=1S/C9H5ClFNO/c10-6-3-5-1-2-12-9(13)8(5)7(11)4-6/h1-4H,(H,12,13). The Labute approximate surface area is 78.0 Å². The molecule has 0 aliphatic heterocycles. The van der Waals surface area contributed by atoms with E-state index in [4.69, 9.17) is 11.6 Å². The number of rotatable bonds is 0. The van der Waals surface area contributed by atoms with Crippen molar-refractivity contribution in [2.45, 2.75) is 0 Å². The summed E-state index contributed by atoms with van der Waals surface area (Å²) in [5, 5.41) is 0.844. The third kappa shape index (κ3) is 1.31. The molecule has 0 saturated carbocycles. The highest BCUT2D eigenvalue weighted by Crippen LogP contribution is 2.19. The van der Waals surface area contributed by atoms with Gasteiger partial charge in [0, 0.05) is 11.2 Å². The van der Waals surface area contributed by atoms with Gasteiger partial charge in [-0.3, -0.25) is 4.79 Å². The monoisotopic (exact) mass is 197 g/mol. The fourth-order valence-electron chi connectivity index (χ4n) is 1.24. The molecular formula is C9H5ClFNO. The summed E-state index contributed by atoms with van der Waals surface area (Å²) in [4.78, 5) is 13.6. The number of H-pyrrole nitrogens is 1. The smallest absolute Gasteiger partial charge is 0.258 e. The lowest BCUT2D eigenvalue weighted by Crippen LogP contribution is -2.06. The van der Waals surface area contributed by atoms with Crippen LogP contribution < -0.4 is 5.56 Å². The van der Waals surface area contributed by atoms with Crippen LogP contribution in [0.5, 0.6) is 0 Å². The molecule has 1 aromatic carbocycles. The van der Waals surface area contributed by atoms with E-state index in [0.717, 1.165) is 6.07 Å². The molecule has 13 heavy (non-hydrogen) atoms. The van der Waals surface area contributed by atoms with Gasteiger partial charge in [-0.15, -0.1) is 0 Å². The Morgan fingerprint density at radius 3 is 2.92 bits per heavy atom. The zero-order valence-corrected chi connectivity index (χ0v) is 7.23. The molecule has 2 nitrogen and oxygen atoms in total. The molecule has 0 atom stereocenters. The van der Waals surface area contributed by atoms with Gasteiger partial charge in [0.05, 0.1) is 5.39 Å². The Kier molecular flexibility index (Phi) is 1.81. The zero-order valence-electron chi connectivity index (χ0n) is 6.47. The second kappa shape index (κ2) is 2.85.